The van der Waals surface area contributed by atoms with Crippen molar-refractivity contribution < 1.29 is 13.7 Å². The molecule has 2 aromatic carbocycles. The van der Waals surface area contributed by atoms with Crippen LogP contribution in [0.25, 0.3) is 0 Å². The number of hydrogen-bond donors (Lipinski definition) is 3. The van der Waals surface area contributed by atoms with Gasteiger partial charge in [0.15, 0.2) is 0 Å². The number of hydrazine groups is 1. The lowest BCUT2D eigenvalue weighted by molar-refractivity contribution is -0.384. The Hall–Kier alpha value is -2.74. The fourth-order valence-corrected chi connectivity index (χ4v) is 1.76. The molecule has 0 amide bonds. The zero-order valence-corrected chi connectivity index (χ0v) is 10.8. The van der Waals surface area contributed by atoms with Gasteiger partial charge in [0.2, 0.25) is 0 Å². The van der Waals surface area contributed by atoms with Crippen LogP contribution in [0.1, 0.15) is 5.56 Å². The number of nitro groups is 1. The van der Waals surface area contributed by atoms with Crippen LogP contribution in [0.5, 0.6) is 0 Å². The highest BCUT2D eigenvalue weighted by Gasteiger charge is 2.10. The van der Waals surface area contributed by atoms with Crippen molar-refractivity contribution in [2.24, 2.45) is 5.84 Å². The van der Waals surface area contributed by atoms with Crippen LogP contribution in [0.2, 0.25) is 0 Å². The predicted molar refractivity (Wildman–Crippen MR) is 74.6 cm³/mol. The molecular weight excluding hydrogens is 282 g/mol. The number of nitro benzene ring substituents is 1. The smallest absolute Gasteiger partial charge is 0.273 e. The zero-order valence-electron chi connectivity index (χ0n) is 10.8. The molecule has 110 valence electrons. The maximum atomic E-state index is 13.5. The maximum Gasteiger partial charge on any atom is 0.273 e. The van der Waals surface area contributed by atoms with E-state index in [1.807, 2.05) is 0 Å². The molecule has 0 spiro atoms. The van der Waals surface area contributed by atoms with Crippen molar-refractivity contribution in [3.05, 3.63) is 63.7 Å². The van der Waals surface area contributed by atoms with Gasteiger partial charge in [0.1, 0.15) is 11.6 Å². The standard InChI is InChI=1S/C13H12F2N4O2/c14-9-2-1-8(13(15)3-9)7-17-10-4-11(18-16)6-12(5-10)19(20)21/h1-6,17-18H,7,16H2. The predicted octanol–water partition coefficient (Wildman–Crippen LogP) is 2.77. The van der Waals surface area contributed by atoms with Gasteiger partial charge in [-0.1, -0.05) is 6.07 Å². The summed E-state index contributed by atoms with van der Waals surface area (Å²) in [6.45, 7) is 0.0529. The van der Waals surface area contributed by atoms with E-state index in [2.05, 4.69) is 10.7 Å². The molecule has 2 rings (SSSR count). The highest BCUT2D eigenvalue weighted by molar-refractivity contribution is 5.63. The molecule has 0 heterocycles. The highest BCUT2D eigenvalue weighted by atomic mass is 19.1. The number of rotatable bonds is 5. The van der Waals surface area contributed by atoms with E-state index in [0.717, 1.165) is 12.1 Å². The van der Waals surface area contributed by atoms with Crippen molar-refractivity contribution in [3.8, 4) is 0 Å². The Labute approximate surface area is 118 Å². The van der Waals surface area contributed by atoms with Crippen molar-refractivity contribution in [1.82, 2.24) is 0 Å². The van der Waals surface area contributed by atoms with E-state index in [-0.39, 0.29) is 17.8 Å². The van der Waals surface area contributed by atoms with Crippen molar-refractivity contribution in [2.75, 3.05) is 10.7 Å². The fraction of sp³-hybridized carbons (Fsp3) is 0.0769. The first-order valence-electron chi connectivity index (χ1n) is 5.93. The molecule has 0 fully saturated rings. The number of halogens is 2. The summed E-state index contributed by atoms with van der Waals surface area (Å²) >= 11 is 0. The molecule has 0 aromatic heterocycles. The molecule has 6 nitrogen and oxygen atoms in total. The van der Waals surface area contributed by atoms with Gasteiger partial charge >= 0.3 is 0 Å². The molecule has 0 unspecified atom stereocenters. The molecule has 0 aliphatic rings. The number of nitrogens with zero attached hydrogens (tertiary/aromatic N) is 1. The summed E-state index contributed by atoms with van der Waals surface area (Å²) in [5.41, 5.74) is 3.12. The quantitative estimate of drug-likeness (QED) is 0.448. The number of benzene rings is 2. The third-order valence-corrected chi connectivity index (χ3v) is 2.79. The van der Waals surface area contributed by atoms with Gasteiger partial charge in [0.05, 0.1) is 10.6 Å². The maximum absolute atomic E-state index is 13.5. The number of hydrogen-bond acceptors (Lipinski definition) is 5. The summed E-state index contributed by atoms with van der Waals surface area (Å²) in [5.74, 6) is 3.88. The molecule has 0 saturated carbocycles. The Balaban J connectivity index is 2.19. The summed E-state index contributed by atoms with van der Waals surface area (Å²) in [6, 6.07) is 7.31. The first-order chi connectivity index (χ1) is 9.99. The van der Waals surface area contributed by atoms with Gasteiger partial charge in [-0.25, -0.2) is 8.78 Å². The van der Waals surface area contributed by atoms with E-state index < -0.39 is 16.6 Å². The van der Waals surface area contributed by atoms with Crippen LogP contribution in [0.4, 0.5) is 25.8 Å². The van der Waals surface area contributed by atoms with Gasteiger partial charge < -0.3 is 10.7 Å². The monoisotopic (exact) mass is 294 g/mol. The summed E-state index contributed by atoms with van der Waals surface area (Å²) in [4.78, 5) is 10.2. The minimum atomic E-state index is -0.690. The Kier molecular flexibility index (Phi) is 4.29. The molecule has 2 aromatic rings. The summed E-state index contributed by atoms with van der Waals surface area (Å²) in [5, 5.41) is 13.6. The number of nitrogens with one attached hydrogen (secondary N) is 2. The van der Waals surface area contributed by atoms with Crippen molar-refractivity contribution in [2.45, 2.75) is 6.54 Å². The second-order valence-corrected chi connectivity index (χ2v) is 4.26. The average molecular weight is 294 g/mol. The molecule has 8 heteroatoms. The van der Waals surface area contributed by atoms with E-state index in [4.69, 9.17) is 5.84 Å². The van der Waals surface area contributed by atoms with E-state index in [9.17, 15) is 18.9 Å². The second-order valence-electron chi connectivity index (χ2n) is 4.26. The van der Waals surface area contributed by atoms with Crippen LogP contribution in [0.15, 0.2) is 36.4 Å². The summed E-state index contributed by atoms with van der Waals surface area (Å²) in [7, 11) is 0. The van der Waals surface area contributed by atoms with Crippen LogP contribution in [0.3, 0.4) is 0 Å². The largest absolute Gasteiger partial charge is 0.381 e. The lowest BCUT2D eigenvalue weighted by atomic mass is 10.2. The number of anilines is 2. The molecule has 21 heavy (non-hydrogen) atoms. The topological polar surface area (TPSA) is 93.2 Å². The molecule has 0 saturated heterocycles. The number of non-ortho nitro benzene ring substituents is 1. The van der Waals surface area contributed by atoms with Gasteiger partial charge in [0, 0.05) is 36.0 Å². The second kappa shape index (κ2) is 6.14. The molecule has 0 aliphatic carbocycles. The third-order valence-electron chi connectivity index (χ3n) is 2.79. The molecule has 0 radical (unpaired) electrons. The minimum Gasteiger partial charge on any atom is -0.381 e. The molecule has 0 atom stereocenters. The number of nitrogens with two attached hydrogens (primary N) is 1. The van der Waals surface area contributed by atoms with Gasteiger partial charge in [-0.15, -0.1) is 0 Å². The minimum absolute atomic E-state index is 0.0529. The van der Waals surface area contributed by atoms with Crippen LogP contribution in [0, 0.1) is 21.7 Å². The van der Waals surface area contributed by atoms with E-state index >= 15 is 0 Å². The van der Waals surface area contributed by atoms with Gasteiger partial charge in [0.25, 0.3) is 5.69 Å². The Morgan fingerprint density at radius 1 is 1.14 bits per heavy atom. The van der Waals surface area contributed by atoms with Crippen LogP contribution in [-0.2, 0) is 6.54 Å². The Morgan fingerprint density at radius 3 is 2.48 bits per heavy atom. The average Bonchev–Trinajstić information content (AvgIpc) is 2.46. The summed E-state index contributed by atoms with van der Waals surface area (Å²) in [6.07, 6.45) is 0. The van der Waals surface area contributed by atoms with Crippen molar-refractivity contribution in [1.29, 1.82) is 0 Å². The molecule has 0 bridgehead atoms. The molecule has 0 aliphatic heterocycles. The lowest BCUT2D eigenvalue weighted by Gasteiger charge is -2.09. The van der Waals surface area contributed by atoms with E-state index in [1.54, 1.807) is 0 Å². The van der Waals surface area contributed by atoms with Gasteiger partial charge in [-0.3, -0.25) is 16.0 Å². The molecule has 4 N–H and O–H groups in total. The van der Waals surface area contributed by atoms with Crippen molar-refractivity contribution >= 4 is 17.1 Å². The first kappa shape index (κ1) is 14.7. The van der Waals surface area contributed by atoms with Gasteiger partial charge in [-0.05, 0) is 12.1 Å². The van der Waals surface area contributed by atoms with E-state index in [1.165, 1.54) is 24.3 Å². The fourth-order valence-electron chi connectivity index (χ4n) is 1.76. The van der Waals surface area contributed by atoms with E-state index in [0.29, 0.717) is 11.4 Å². The SMILES string of the molecule is NNc1cc(NCc2ccc(F)cc2F)cc([N+](=O)[O-])c1. The molecular formula is C13H12F2N4O2. The van der Waals surface area contributed by atoms with Crippen molar-refractivity contribution in [3.63, 3.8) is 0 Å². The Morgan fingerprint density at radius 2 is 1.86 bits per heavy atom. The highest BCUT2D eigenvalue weighted by Crippen LogP contribution is 2.24. The van der Waals surface area contributed by atoms with Crippen LogP contribution in [-0.4, -0.2) is 4.92 Å². The number of nitrogen functional groups attached to an aromatic ring is 1. The lowest BCUT2D eigenvalue weighted by Crippen LogP contribution is -2.08. The van der Waals surface area contributed by atoms with Crippen LogP contribution < -0.4 is 16.6 Å². The summed E-state index contributed by atoms with van der Waals surface area (Å²) < 4.78 is 26.3. The van der Waals surface area contributed by atoms with Crippen LogP contribution >= 0.6 is 0 Å². The normalized spacial score (nSPS) is 10.2. The zero-order chi connectivity index (χ0) is 15.4. The first-order valence-corrected chi connectivity index (χ1v) is 5.93. The third kappa shape index (κ3) is 3.63. The van der Waals surface area contributed by atoms with Gasteiger partial charge in [-0.2, -0.15) is 0 Å². The Bertz CT molecular complexity index is 679.